The molecule has 1 saturated heterocycles. The molecule has 0 bridgehead atoms. The lowest BCUT2D eigenvalue weighted by Gasteiger charge is -2.40. The van der Waals surface area contributed by atoms with E-state index in [4.69, 9.17) is 9.47 Å². The fraction of sp³-hybridized carbons (Fsp3) is 0.769. The van der Waals surface area contributed by atoms with Crippen LogP contribution in [-0.4, -0.2) is 83.8 Å². The largest absolute Gasteiger partial charge is 0.460 e. The van der Waals surface area contributed by atoms with Crippen LogP contribution in [0.25, 0.3) is 0 Å². The third-order valence-electron chi connectivity index (χ3n) is 7.95. The van der Waals surface area contributed by atoms with Gasteiger partial charge in [0.25, 0.3) is 0 Å². The molecule has 0 radical (unpaired) electrons. The zero-order chi connectivity index (χ0) is 43.0. The van der Waals surface area contributed by atoms with Gasteiger partial charge < -0.3 is 9.47 Å². The smallest absolute Gasteiger partial charge is 0.340 e. The van der Waals surface area contributed by atoms with Crippen LogP contribution in [-0.2, 0) is 15.3 Å². The van der Waals surface area contributed by atoms with Gasteiger partial charge >= 0.3 is 71.6 Å². The van der Waals surface area contributed by atoms with Gasteiger partial charge in [0.2, 0.25) is 0 Å². The van der Waals surface area contributed by atoms with Crippen molar-refractivity contribution in [3.63, 3.8) is 0 Å². The summed E-state index contributed by atoms with van der Waals surface area (Å²) in [4.78, 5) is 0. The van der Waals surface area contributed by atoms with E-state index >= 15 is 0 Å². The minimum Gasteiger partial charge on any atom is -0.340 e. The molecule has 0 spiro atoms. The van der Waals surface area contributed by atoms with E-state index in [0.717, 1.165) is 24.3 Å². The lowest BCUT2D eigenvalue weighted by atomic mass is 9.89. The van der Waals surface area contributed by atoms with Crippen molar-refractivity contribution in [1.82, 2.24) is 0 Å². The maximum Gasteiger partial charge on any atom is 0.460 e. The normalized spacial score (nSPS) is 22.6. The molecule has 0 aliphatic carbocycles. The number of alkyl halides is 26. The first-order valence-corrected chi connectivity index (χ1v) is 13.8. The molecular weight excluding hydrogens is 838 g/mol. The van der Waals surface area contributed by atoms with E-state index in [1.807, 2.05) is 0 Å². The summed E-state index contributed by atoms with van der Waals surface area (Å²) in [7, 11) is 0. The van der Waals surface area contributed by atoms with Crippen LogP contribution in [0.4, 0.5) is 114 Å². The topological polar surface area (TPSA) is 18.5 Å². The van der Waals surface area contributed by atoms with E-state index in [9.17, 15) is 114 Å². The van der Waals surface area contributed by atoms with Crippen molar-refractivity contribution in [2.45, 2.75) is 122 Å². The van der Waals surface area contributed by atoms with Crippen molar-refractivity contribution in [2.75, 3.05) is 0 Å². The Bertz CT molecular complexity index is 1360. The Labute approximate surface area is 282 Å². The van der Waals surface area contributed by atoms with Crippen LogP contribution < -0.4 is 0 Å². The van der Waals surface area contributed by atoms with Crippen LogP contribution in [0.5, 0.6) is 0 Å². The number of benzene rings is 1. The second kappa shape index (κ2) is 13.5. The lowest BCUT2D eigenvalue weighted by Crippen LogP contribution is -2.70. The van der Waals surface area contributed by atoms with E-state index in [0.29, 0.717) is 6.92 Å². The van der Waals surface area contributed by atoms with Crippen LogP contribution in [0.15, 0.2) is 30.3 Å². The van der Waals surface area contributed by atoms with Crippen LogP contribution >= 0.6 is 0 Å². The number of hydrogen-bond acceptors (Lipinski definition) is 2. The third-order valence-corrected chi connectivity index (χ3v) is 7.95. The summed E-state index contributed by atoms with van der Waals surface area (Å²) < 4.78 is 361. The minimum absolute atomic E-state index is 0.382. The summed E-state index contributed by atoms with van der Waals surface area (Å²) in [6.45, 7) is 0.663. The molecule has 2 rings (SSSR count). The van der Waals surface area contributed by atoms with Crippen LogP contribution in [0.1, 0.15) is 38.2 Å². The van der Waals surface area contributed by atoms with Crippen LogP contribution in [0.3, 0.4) is 0 Å². The SMILES string of the molecule is CC1(c2ccccc2)OC(CCC(F)(F)C(F)(F)C(F)(F)C(F)(F)C(F)(F)C(F)(F)F)C(CCC(F)(F)C(F)(F)C(F)(F)C(F)(F)C(F)(F)C(F)(F)F)O1. The number of rotatable bonds is 15. The average molecular weight is 856 g/mol. The molecule has 316 valence electrons. The van der Waals surface area contributed by atoms with Crippen LogP contribution in [0.2, 0.25) is 0 Å². The Hall–Kier alpha value is -2.68. The van der Waals surface area contributed by atoms with Gasteiger partial charge in [0.1, 0.15) is 0 Å². The van der Waals surface area contributed by atoms with E-state index in [2.05, 4.69) is 0 Å². The molecule has 1 aliphatic rings. The molecule has 1 heterocycles. The van der Waals surface area contributed by atoms with Crippen molar-refractivity contribution in [3.05, 3.63) is 35.9 Å². The highest BCUT2D eigenvalue weighted by Crippen LogP contribution is 2.63. The highest BCUT2D eigenvalue weighted by molar-refractivity contribution is 5.21. The summed E-state index contributed by atoms with van der Waals surface area (Å²) in [6.07, 6.45) is -31.5. The van der Waals surface area contributed by atoms with E-state index in [-0.39, 0.29) is 5.56 Å². The van der Waals surface area contributed by atoms with Gasteiger partial charge in [-0.1, -0.05) is 30.3 Å². The maximum atomic E-state index is 14.5. The average Bonchev–Trinajstić information content (AvgIpc) is 3.34. The number of halogens is 26. The van der Waals surface area contributed by atoms with Gasteiger partial charge in [-0.3, -0.25) is 0 Å². The lowest BCUT2D eigenvalue weighted by molar-refractivity contribution is -0.440. The molecule has 0 aromatic heterocycles. The van der Waals surface area contributed by atoms with Crippen molar-refractivity contribution in [2.24, 2.45) is 0 Å². The molecule has 54 heavy (non-hydrogen) atoms. The number of hydrogen-bond donors (Lipinski definition) is 0. The Balaban J connectivity index is 2.51. The van der Waals surface area contributed by atoms with Gasteiger partial charge in [-0.15, -0.1) is 0 Å². The zero-order valence-electron chi connectivity index (χ0n) is 25.5. The zero-order valence-corrected chi connectivity index (χ0v) is 25.5. The van der Waals surface area contributed by atoms with E-state index < -0.39 is 115 Å². The predicted molar refractivity (Wildman–Crippen MR) is 124 cm³/mol. The minimum atomic E-state index is -8.33. The second-order valence-electron chi connectivity index (χ2n) is 11.7. The monoisotopic (exact) mass is 856 g/mol. The molecule has 0 amide bonds. The molecular formula is C26H18F26O2. The first-order valence-electron chi connectivity index (χ1n) is 13.8. The Kier molecular flexibility index (Phi) is 11.8. The number of ether oxygens (including phenoxy) is 2. The van der Waals surface area contributed by atoms with Gasteiger partial charge in [0, 0.05) is 18.4 Å². The summed E-state index contributed by atoms with van der Waals surface area (Å²) >= 11 is 0. The first-order chi connectivity index (χ1) is 23.5. The predicted octanol–water partition coefficient (Wildman–Crippen LogP) is 11.7. The maximum absolute atomic E-state index is 14.5. The molecule has 1 aromatic carbocycles. The molecule has 0 saturated carbocycles. The van der Waals surface area contributed by atoms with Gasteiger partial charge in [-0.25, -0.2) is 0 Å². The second-order valence-corrected chi connectivity index (χ2v) is 11.7. The van der Waals surface area contributed by atoms with Gasteiger partial charge in [-0.2, -0.15) is 114 Å². The molecule has 2 nitrogen and oxygen atoms in total. The molecule has 1 aromatic rings. The fourth-order valence-corrected chi connectivity index (χ4v) is 4.69. The third kappa shape index (κ3) is 7.10. The highest BCUT2D eigenvalue weighted by atomic mass is 19.4. The van der Waals surface area contributed by atoms with Gasteiger partial charge in [-0.05, 0) is 19.8 Å². The first kappa shape index (κ1) is 47.5. The standard InChI is InChI=1S/C26H18F26O2/c1-14(11-5-3-2-4-6-11)53-12(7-9-15(27,28)17(31,32)19(35,36)21(39,40)23(43,44)25(47,48)49)13(54-14)8-10-16(29,30)18(33,34)20(37,38)22(41,42)24(45,46)26(50,51)52/h2-6,12-13H,7-10H2,1H3. The van der Waals surface area contributed by atoms with Gasteiger partial charge in [0.05, 0.1) is 12.2 Å². The fourth-order valence-electron chi connectivity index (χ4n) is 4.69. The molecule has 2 unspecified atom stereocenters. The quantitative estimate of drug-likeness (QED) is 0.164. The summed E-state index contributed by atoms with van der Waals surface area (Å²) in [5, 5.41) is 0. The molecule has 1 aliphatic heterocycles. The van der Waals surface area contributed by atoms with Crippen LogP contribution in [0, 0.1) is 0 Å². The van der Waals surface area contributed by atoms with Gasteiger partial charge in [0.15, 0.2) is 5.79 Å². The van der Waals surface area contributed by atoms with E-state index in [1.54, 1.807) is 0 Å². The van der Waals surface area contributed by atoms with Crippen molar-refractivity contribution in [3.8, 4) is 0 Å². The van der Waals surface area contributed by atoms with Crippen molar-refractivity contribution >= 4 is 0 Å². The Morgan fingerprint density at radius 2 is 0.667 bits per heavy atom. The molecule has 2 atom stereocenters. The Morgan fingerprint density at radius 3 is 0.926 bits per heavy atom. The summed E-state index contributed by atoms with van der Waals surface area (Å²) in [5.74, 6) is -81.4. The van der Waals surface area contributed by atoms with Crippen molar-refractivity contribution in [1.29, 1.82) is 0 Å². The van der Waals surface area contributed by atoms with Crippen molar-refractivity contribution < 1.29 is 124 Å². The highest BCUT2D eigenvalue weighted by Gasteiger charge is 2.92. The molecule has 0 N–H and O–H groups in total. The Morgan fingerprint density at radius 1 is 0.407 bits per heavy atom. The summed E-state index contributed by atoms with van der Waals surface area (Å²) in [6, 6.07) is 5.25. The summed E-state index contributed by atoms with van der Waals surface area (Å²) in [5.41, 5.74) is -0.382. The molecule has 1 fully saturated rings. The molecule has 28 heteroatoms. The van der Waals surface area contributed by atoms with E-state index in [1.165, 1.54) is 6.07 Å².